The van der Waals surface area contributed by atoms with Gasteiger partial charge in [-0.05, 0) is 32.4 Å². The summed E-state index contributed by atoms with van der Waals surface area (Å²) in [5, 5.41) is 7.46. The van der Waals surface area contributed by atoms with Gasteiger partial charge in [-0.15, -0.1) is 5.10 Å². The lowest BCUT2D eigenvalue weighted by Gasteiger charge is -2.24. The van der Waals surface area contributed by atoms with Gasteiger partial charge < -0.3 is 5.32 Å². The standard InChI is InChI=1S/C12H17FN4/c1-4-7-12(2,3)15-11-14-10-6-5-9(13)8-17(10)16-11/h5-6,8H,4,7H2,1-3H3,(H,15,16). The Morgan fingerprint density at radius 2 is 2.18 bits per heavy atom. The SMILES string of the molecule is CCCC(C)(C)Nc1nc2ccc(F)cn2n1. The summed E-state index contributed by atoms with van der Waals surface area (Å²) in [6, 6.07) is 2.99. The maximum absolute atomic E-state index is 13.0. The number of nitrogens with one attached hydrogen (secondary N) is 1. The minimum atomic E-state index is -0.318. The van der Waals surface area contributed by atoms with Crippen LogP contribution in [0, 0.1) is 5.82 Å². The zero-order valence-electron chi connectivity index (χ0n) is 10.4. The molecule has 2 aromatic heterocycles. The minimum absolute atomic E-state index is 0.0573. The first-order valence-electron chi connectivity index (χ1n) is 5.80. The molecular weight excluding hydrogens is 219 g/mol. The zero-order valence-corrected chi connectivity index (χ0v) is 10.4. The average molecular weight is 236 g/mol. The van der Waals surface area contributed by atoms with Crippen LogP contribution >= 0.6 is 0 Å². The molecule has 4 nitrogen and oxygen atoms in total. The van der Waals surface area contributed by atoms with E-state index in [2.05, 4.69) is 36.2 Å². The highest BCUT2D eigenvalue weighted by molar-refractivity contribution is 5.43. The van der Waals surface area contributed by atoms with E-state index in [1.807, 2.05) is 0 Å². The highest BCUT2D eigenvalue weighted by atomic mass is 19.1. The lowest BCUT2D eigenvalue weighted by atomic mass is 9.99. The number of rotatable bonds is 4. The largest absolute Gasteiger partial charge is 0.348 e. The van der Waals surface area contributed by atoms with Crippen LogP contribution in [0.25, 0.3) is 5.65 Å². The molecule has 0 radical (unpaired) electrons. The number of nitrogens with zero attached hydrogens (tertiary/aromatic N) is 3. The van der Waals surface area contributed by atoms with Crippen LogP contribution in [0.1, 0.15) is 33.6 Å². The van der Waals surface area contributed by atoms with Gasteiger partial charge in [-0.1, -0.05) is 13.3 Å². The molecule has 0 atom stereocenters. The minimum Gasteiger partial charge on any atom is -0.348 e. The van der Waals surface area contributed by atoms with Gasteiger partial charge in [-0.25, -0.2) is 8.91 Å². The van der Waals surface area contributed by atoms with Gasteiger partial charge >= 0.3 is 0 Å². The third kappa shape index (κ3) is 2.72. The van der Waals surface area contributed by atoms with Crippen molar-refractivity contribution in [2.75, 3.05) is 5.32 Å². The van der Waals surface area contributed by atoms with Gasteiger partial charge in [0.25, 0.3) is 0 Å². The monoisotopic (exact) mass is 236 g/mol. The third-order valence-corrected chi connectivity index (χ3v) is 2.62. The maximum Gasteiger partial charge on any atom is 0.243 e. The summed E-state index contributed by atoms with van der Waals surface area (Å²) in [4.78, 5) is 4.30. The highest BCUT2D eigenvalue weighted by Gasteiger charge is 2.18. The molecule has 0 aliphatic rings. The summed E-state index contributed by atoms with van der Waals surface area (Å²) in [7, 11) is 0. The second kappa shape index (κ2) is 4.31. The van der Waals surface area contributed by atoms with Crippen molar-refractivity contribution < 1.29 is 4.39 Å². The molecule has 2 heterocycles. The molecule has 5 heteroatoms. The lowest BCUT2D eigenvalue weighted by molar-refractivity contribution is 0.506. The van der Waals surface area contributed by atoms with Crippen LogP contribution in [0.15, 0.2) is 18.3 Å². The molecule has 0 aliphatic heterocycles. The first kappa shape index (κ1) is 11.8. The molecule has 0 aromatic carbocycles. The number of hydrogen-bond donors (Lipinski definition) is 1. The second-order valence-electron chi connectivity index (χ2n) is 4.84. The molecule has 0 aliphatic carbocycles. The molecule has 2 aromatic rings. The third-order valence-electron chi connectivity index (χ3n) is 2.62. The van der Waals surface area contributed by atoms with Crippen LogP contribution < -0.4 is 5.32 Å². The Morgan fingerprint density at radius 3 is 2.88 bits per heavy atom. The Bertz CT molecular complexity index is 518. The number of fused-ring (bicyclic) bond motifs is 1. The first-order valence-corrected chi connectivity index (χ1v) is 5.80. The van der Waals surface area contributed by atoms with E-state index in [1.165, 1.54) is 16.8 Å². The van der Waals surface area contributed by atoms with Gasteiger partial charge in [-0.3, -0.25) is 0 Å². The summed E-state index contributed by atoms with van der Waals surface area (Å²) in [6.07, 6.45) is 3.43. The van der Waals surface area contributed by atoms with Crippen molar-refractivity contribution >= 4 is 11.6 Å². The van der Waals surface area contributed by atoms with Gasteiger partial charge in [0, 0.05) is 5.54 Å². The molecule has 0 amide bonds. The fourth-order valence-corrected chi connectivity index (χ4v) is 1.90. The molecule has 1 N–H and O–H groups in total. The van der Waals surface area contributed by atoms with Crippen LogP contribution in [0.4, 0.5) is 10.3 Å². The van der Waals surface area contributed by atoms with Crippen molar-refractivity contribution in [1.82, 2.24) is 14.6 Å². The van der Waals surface area contributed by atoms with E-state index in [4.69, 9.17) is 0 Å². The smallest absolute Gasteiger partial charge is 0.243 e. The Labute approximate surface area is 99.9 Å². The number of halogens is 1. The molecule has 0 spiro atoms. The molecule has 0 unspecified atom stereocenters. The Morgan fingerprint density at radius 1 is 1.41 bits per heavy atom. The predicted octanol–water partition coefficient (Wildman–Crippen LogP) is 2.86. The summed E-state index contributed by atoms with van der Waals surface area (Å²) in [5.74, 6) is 0.218. The van der Waals surface area contributed by atoms with E-state index in [-0.39, 0.29) is 11.4 Å². The van der Waals surface area contributed by atoms with Crippen LogP contribution in [-0.2, 0) is 0 Å². The molecular formula is C12H17FN4. The Hall–Kier alpha value is -1.65. The van der Waals surface area contributed by atoms with Crippen molar-refractivity contribution in [2.24, 2.45) is 0 Å². The van der Waals surface area contributed by atoms with Crippen LogP contribution in [0.2, 0.25) is 0 Å². The first-order chi connectivity index (χ1) is 8.00. The summed E-state index contributed by atoms with van der Waals surface area (Å²) in [6.45, 7) is 6.33. The molecule has 0 saturated carbocycles. The maximum atomic E-state index is 13.0. The van der Waals surface area contributed by atoms with E-state index in [0.29, 0.717) is 11.6 Å². The fraction of sp³-hybridized carbons (Fsp3) is 0.500. The Kier molecular flexibility index (Phi) is 3.00. The van der Waals surface area contributed by atoms with E-state index in [1.54, 1.807) is 6.07 Å². The molecule has 0 bridgehead atoms. The lowest BCUT2D eigenvalue weighted by Crippen LogP contribution is -2.31. The molecule has 17 heavy (non-hydrogen) atoms. The quantitative estimate of drug-likeness (QED) is 0.887. The van der Waals surface area contributed by atoms with Crippen LogP contribution in [0.3, 0.4) is 0 Å². The summed E-state index contributed by atoms with van der Waals surface area (Å²) in [5.41, 5.74) is 0.583. The average Bonchev–Trinajstić information content (AvgIpc) is 2.57. The second-order valence-corrected chi connectivity index (χ2v) is 4.84. The highest BCUT2D eigenvalue weighted by Crippen LogP contribution is 2.17. The Balaban J connectivity index is 2.25. The van der Waals surface area contributed by atoms with Gasteiger partial charge in [0.05, 0.1) is 6.20 Å². The molecule has 0 fully saturated rings. The van der Waals surface area contributed by atoms with Gasteiger partial charge in [-0.2, -0.15) is 4.98 Å². The topological polar surface area (TPSA) is 42.2 Å². The van der Waals surface area contributed by atoms with E-state index >= 15 is 0 Å². The molecule has 0 saturated heterocycles. The van der Waals surface area contributed by atoms with E-state index < -0.39 is 0 Å². The van der Waals surface area contributed by atoms with Gasteiger partial charge in [0.1, 0.15) is 5.82 Å². The number of anilines is 1. The van der Waals surface area contributed by atoms with Crippen LogP contribution in [-0.4, -0.2) is 20.1 Å². The van der Waals surface area contributed by atoms with Crippen molar-refractivity contribution in [1.29, 1.82) is 0 Å². The molecule has 2 rings (SSSR count). The summed E-state index contributed by atoms with van der Waals surface area (Å²) >= 11 is 0. The van der Waals surface area contributed by atoms with Gasteiger partial charge in [0.15, 0.2) is 5.65 Å². The van der Waals surface area contributed by atoms with E-state index in [9.17, 15) is 4.39 Å². The number of aromatic nitrogens is 3. The normalized spacial score (nSPS) is 12.0. The number of hydrogen-bond acceptors (Lipinski definition) is 3. The zero-order chi connectivity index (χ0) is 12.5. The van der Waals surface area contributed by atoms with Crippen molar-refractivity contribution in [3.05, 3.63) is 24.1 Å². The molecule has 92 valence electrons. The fourth-order valence-electron chi connectivity index (χ4n) is 1.90. The predicted molar refractivity (Wildman–Crippen MR) is 65.6 cm³/mol. The van der Waals surface area contributed by atoms with E-state index in [0.717, 1.165) is 12.8 Å². The van der Waals surface area contributed by atoms with Crippen molar-refractivity contribution in [3.63, 3.8) is 0 Å². The summed E-state index contributed by atoms with van der Waals surface area (Å²) < 4.78 is 14.4. The van der Waals surface area contributed by atoms with Crippen LogP contribution in [0.5, 0.6) is 0 Å². The number of pyridine rings is 1. The van der Waals surface area contributed by atoms with Crippen molar-refractivity contribution in [3.8, 4) is 0 Å². The van der Waals surface area contributed by atoms with Gasteiger partial charge in [0.2, 0.25) is 5.95 Å². The van der Waals surface area contributed by atoms with Crippen molar-refractivity contribution in [2.45, 2.75) is 39.2 Å².